The summed E-state index contributed by atoms with van der Waals surface area (Å²) in [6, 6.07) is 2.18. The zero-order valence-electron chi connectivity index (χ0n) is 10.0. The standard InChI is InChI=1S/C17H13N/c1-2-5-13-9-11-18-12-10-14-6-4-8-16(17(14)18)15(13)7-3-1/h1-7,9-12H,8H2. The van der Waals surface area contributed by atoms with Crippen LogP contribution < -0.4 is 0 Å². The van der Waals surface area contributed by atoms with Gasteiger partial charge in [0.2, 0.25) is 0 Å². The van der Waals surface area contributed by atoms with Gasteiger partial charge in [0.05, 0.1) is 5.69 Å². The van der Waals surface area contributed by atoms with Crippen LogP contribution in [0.5, 0.6) is 0 Å². The van der Waals surface area contributed by atoms with E-state index in [0.717, 1.165) is 6.42 Å². The molecular formula is C17H13N. The normalized spacial score (nSPS) is 19.2. The summed E-state index contributed by atoms with van der Waals surface area (Å²) in [5.74, 6) is 0. The number of hydrogen-bond acceptors (Lipinski definition) is 0. The van der Waals surface area contributed by atoms with E-state index in [1.54, 1.807) is 0 Å². The molecule has 0 spiro atoms. The van der Waals surface area contributed by atoms with Gasteiger partial charge in [0, 0.05) is 12.4 Å². The molecule has 0 bridgehead atoms. The van der Waals surface area contributed by atoms with Gasteiger partial charge in [-0.1, -0.05) is 42.5 Å². The number of rotatable bonds is 0. The van der Waals surface area contributed by atoms with Crippen LogP contribution in [0.15, 0.2) is 65.9 Å². The largest absolute Gasteiger partial charge is 0.323 e. The maximum Gasteiger partial charge on any atom is 0.0563 e. The maximum absolute atomic E-state index is 2.25. The average molecular weight is 231 g/mol. The van der Waals surface area contributed by atoms with Crippen LogP contribution in [0.4, 0.5) is 0 Å². The molecule has 0 aromatic carbocycles. The van der Waals surface area contributed by atoms with Gasteiger partial charge in [-0.25, -0.2) is 0 Å². The maximum atomic E-state index is 2.25. The predicted molar refractivity (Wildman–Crippen MR) is 76.7 cm³/mol. The molecule has 0 radical (unpaired) electrons. The molecule has 0 unspecified atom stereocenters. The fourth-order valence-corrected chi connectivity index (χ4v) is 2.83. The minimum atomic E-state index is 1.01. The second-order valence-corrected chi connectivity index (χ2v) is 4.71. The van der Waals surface area contributed by atoms with Gasteiger partial charge in [-0.3, -0.25) is 0 Å². The number of hydrogen-bond donors (Lipinski definition) is 0. The van der Waals surface area contributed by atoms with E-state index in [1.807, 2.05) is 0 Å². The molecule has 2 heterocycles. The molecule has 1 aromatic rings. The first-order valence-corrected chi connectivity index (χ1v) is 6.28. The summed E-state index contributed by atoms with van der Waals surface area (Å²) in [5, 5.41) is 0. The number of aromatic nitrogens is 1. The molecule has 18 heavy (non-hydrogen) atoms. The second-order valence-electron chi connectivity index (χ2n) is 4.71. The van der Waals surface area contributed by atoms with Crippen LogP contribution >= 0.6 is 0 Å². The quantitative estimate of drug-likeness (QED) is 0.630. The van der Waals surface area contributed by atoms with Crippen LogP contribution in [0, 0.1) is 0 Å². The Morgan fingerprint density at radius 2 is 2.00 bits per heavy atom. The summed E-state index contributed by atoms with van der Waals surface area (Å²) in [5.41, 5.74) is 6.73. The van der Waals surface area contributed by atoms with Gasteiger partial charge in [-0.15, -0.1) is 0 Å². The van der Waals surface area contributed by atoms with Crippen LogP contribution in [0.3, 0.4) is 0 Å². The molecule has 0 saturated heterocycles. The smallest absolute Gasteiger partial charge is 0.0563 e. The molecule has 0 fully saturated rings. The van der Waals surface area contributed by atoms with Crippen molar-refractivity contribution >= 4 is 17.8 Å². The summed E-state index contributed by atoms with van der Waals surface area (Å²) in [6.45, 7) is 0. The van der Waals surface area contributed by atoms with Crippen molar-refractivity contribution in [3.63, 3.8) is 0 Å². The van der Waals surface area contributed by atoms with Crippen molar-refractivity contribution < 1.29 is 0 Å². The molecule has 1 heteroatoms. The summed E-state index contributed by atoms with van der Waals surface area (Å²) < 4.78 is 2.23. The highest BCUT2D eigenvalue weighted by molar-refractivity contribution is 5.86. The van der Waals surface area contributed by atoms with Gasteiger partial charge in [-0.05, 0) is 40.8 Å². The van der Waals surface area contributed by atoms with E-state index < -0.39 is 0 Å². The summed E-state index contributed by atoms with van der Waals surface area (Å²) in [4.78, 5) is 0. The lowest BCUT2D eigenvalue weighted by Gasteiger charge is -2.15. The molecule has 1 nitrogen and oxygen atoms in total. The van der Waals surface area contributed by atoms with E-state index in [0.29, 0.717) is 0 Å². The monoisotopic (exact) mass is 231 g/mol. The Hall–Kier alpha value is -2.28. The lowest BCUT2D eigenvalue weighted by molar-refractivity contribution is 1.11. The average Bonchev–Trinajstić information content (AvgIpc) is 2.58. The Morgan fingerprint density at radius 3 is 3.00 bits per heavy atom. The number of allylic oxidation sites excluding steroid dienone is 10. The van der Waals surface area contributed by atoms with Crippen LogP contribution in [-0.2, 0) is 0 Å². The van der Waals surface area contributed by atoms with Crippen LogP contribution in [0.1, 0.15) is 17.7 Å². The number of fused-ring (bicyclic) bond motifs is 1. The molecule has 2 aliphatic carbocycles. The van der Waals surface area contributed by atoms with Gasteiger partial charge in [-0.2, -0.15) is 0 Å². The molecule has 0 atom stereocenters. The minimum absolute atomic E-state index is 1.01. The highest BCUT2D eigenvalue weighted by atomic mass is 14.9. The molecule has 0 amide bonds. The van der Waals surface area contributed by atoms with E-state index >= 15 is 0 Å². The minimum Gasteiger partial charge on any atom is -0.323 e. The first-order chi connectivity index (χ1) is 8.93. The molecule has 0 saturated carbocycles. The SMILES string of the molecule is C1=CC=C2C=Cn3ccc4c3C(=C2C=C1)CC=C4. The topological polar surface area (TPSA) is 4.93 Å². The highest BCUT2D eigenvalue weighted by Gasteiger charge is 2.20. The Labute approximate surface area is 106 Å². The van der Waals surface area contributed by atoms with E-state index in [-0.39, 0.29) is 0 Å². The van der Waals surface area contributed by atoms with Crippen LogP contribution in [0.2, 0.25) is 0 Å². The molecule has 4 rings (SSSR count). The molecule has 1 aromatic heterocycles. The van der Waals surface area contributed by atoms with Gasteiger partial charge in [0.15, 0.2) is 0 Å². The van der Waals surface area contributed by atoms with Crippen molar-refractivity contribution in [1.29, 1.82) is 0 Å². The fraction of sp³-hybridized carbons (Fsp3) is 0.0588. The Bertz CT molecular complexity index is 700. The van der Waals surface area contributed by atoms with Gasteiger partial charge >= 0.3 is 0 Å². The third-order valence-corrected chi connectivity index (χ3v) is 3.66. The first kappa shape index (κ1) is 9.72. The summed E-state index contributed by atoms with van der Waals surface area (Å²) >= 11 is 0. The Kier molecular flexibility index (Phi) is 1.95. The van der Waals surface area contributed by atoms with E-state index in [9.17, 15) is 0 Å². The van der Waals surface area contributed by atoms with Crippen molar-refractivity contribution in [2.45, 2.75) is 6.42 Å². The molecule has 1 aliphatic heterocycles. The highest BCUT2D eigenvalue weighted by Crippen LogP contribution is 2.38. The molecular weight excluding hydrogens is 218 g/mol. The van der Waals surface area contributed by atoms with Crippen molar-refractivity contribution in [3.05, 3.63) is 77.2 Å². The molecule has 3 aliphatic rings. The van der Waals surface area contributed by atoms with Crippen molar-refractivity contribution in [1.82, 2.24) is 4.57 Å². The van der Waals surface area contributed by atoms with E-state index in [2.05, 4.69) is 71.6 Å². The third kappa shape index (κ3) is 1.28. The first-order valence-electron chi connectivity index (χ1n) is 6.28. The van der Waals surface area contributed by atoms with Crippen molar-refractivity contribution in [3.8, 4) is 0 Å². The molecule has 86 valence electrons. The summed E-state index contributed by atoms with van der Waals surface area (Å²) in [7, 11) is 0. The zero-order chi connectivity index (χ0) is 11.9. The van der Waals surface area contributed by atoms with Crippen molar-refractivity contribution in [2.24, 2.45) is 0 Å². The Balaban J connectivity index is 2.09. The van der Waals surface area contributed by atoms with Crippen LogP contribution in [0.25, 0.3) is 17.8 Å². The Morgan fingerprint density at radius 1 is 1.00 bits per heavy atom. The fourth-order valence-electron chi connectivity index (χ4n) is 2.83. The number of nitrogens with zero attached hydrogens (tertiary/aromatic N) is 1. The van der Waals surface area contributed by atoms with Gasteiger partial charge in [0.25, 0.3) is 0 Å². The lowest BCUT2D eigenvalue weighted by Crippen LogP contribution is -1.99. The van der Waals surface area contributed by atoms with Gasteiger partial charge in [0.1, 0.15) is 0 Å². The van der Waals surface area contributed by atoms with E-state index in [1.165, 1.54) is 28.0 Å². The predicted octanol–water partition coefficient (Wildman–Crippen LogP) is 4.20. The molecule has 0 N–H and O–H groups in total. The third-order valence-electron chi connectivity index (χ3n) is 3.66. The summed E-state index contributed by atoms with van der Waals surface area (Å²) in [6.07, 6.45) is 22.7. The lowest BCUT2D eigenvalue weighted by atomic mass is 9.91. The van der Waals surface area contributed by atoms with Crippen LogP contribution in [-0.4, -0.2) is 4.57 Å². The zero-order valence-corrected chi connectivity index (χ0v) is 10.0. The van der Waals surface area contributed by atoms with E-state index in [4.69, 9.17) is 0 Å². The van der Waals surface area contributed by atoms with Crippen molar-refractivity contribution in [2.75, 3.05) is 0 Å². The van der Waals surface area contributed by atoms with Gasteiger partial charge < -0.3 is 4.57 Å². The second kappa shape index (κ2) is 3.61.